The molecule has 0 amide bonds. The summed E-state index contributed by atoms with van der Waals surface area (Å²) in [4.78, 5) is 1.33. The predicted molar refractivity (Wildman–Crippen MR) is 89.0 cm³/mol. The molecule has 1 N–H and O–H groups in total. The minimum atomic E-state index is 0.145. The van der Waals surface area contributed by atoms with E-state index in [2.05, 4.69) is 28.8 Å². The topological polar surface area (TPSA) is 47.0 Å². The molecule has 3 unspecified atom stereocenters. The summed E-state index contributed by atoms with van der Waals surface area (Å²) in [6.07, 6.45) is 4.70. The van der Waals surface area contributed by atoms with Crippen LogP contribution in [0.4, 0.5) is 0 Å². The number of hydrogen-bond acceptors (Lipinski definition) is 6. The van der Waals surface area contributed by atoms with Crippen molar-refractivity contribution in [1.29, 1.82) is 0 Å². The fourth-order valence-electron chi connectivity index (χ4n) is 3.51. The molecular formula is C15H25N3OS2. The van der Waals surface area contributed by atoms with Crippen LogP contribution >= 0.6 is 23.3 Å². The van der Waals surface area contributed by atoms with Gasteiger partial charge in [-0.25, -0.2) is 0 Å². The fraction of sp³-hybridized carbons (Fsp3) is 0.867. The van der Waals surface area contributed by atoms with Crippen LogP contribution in [-0.4, -0.2) is 39.8 Å². The van der Waals surface area contributed by atoms with Gasteiger partial charge in [0.25, 0.3) is 0 Å². The van der Waals surface area contributed by atoms with E-state index in [0.717, 1.165) is 31.7 Å². The molecule has 6 heteroatoms. The number of ether oxygens (including phenoxy) is 1. The largest absolute Gasteiger partial charge is 0.374 e. The van der Waals surface area contributed by atoms with Crippen molar-refractivity contribution < 1.29 is 4.74 Å². The third-order valence-corrected chi connectivity index (χ3v) is 6.79. The van der Waals surface area contributed by atoms with Gasteiger partial charge in [0, 0.05) is 18.4 Å². The number of rotatable bonds is 5. The van der Waals surface area contributed by atoms with Crippen molar-refractivity contribution in [2.24, 2.45) is 5.92 Å². The summed E-state index contributed by atoms with van der Waals surface area (Å²) in [6.45, 7) is 6.27. The average molecular weight is 328 g/mol. The van der Waals surface area contributed by atoms with Crippen LogP contribution in [0.1, 0.15) is 49.2 Å². The second kappa shape index (κ2) is 6.94. The summed E-state index contributed by atoms with van der Waals surface area (Å²) in [5.41, 5.74) is 1.24. The highest BCUT2D eigenvalue weighted by Gasteiger charge is 2.43. The Morgan fingerprint density at radius 1 is 1.52 bits per heavy atom. The average Bonchev–Trinajstić information content (AvgIpc) is 3.10. The zero-order valence-corrected chi connectivity index (χ0v) is 14.6. The van der Waals surface area contributed by atoms with Crippen molar-refractivity contribution in [3.05, 3.63) is 10.6 Å². The summed E-state index contributed by atoms with van der Waals surface area (Å²) in [5.74, 6) is 3.06. The van der Waals surface area contributed by atoms with Crippen LogP contribution in [0.3, 0.4) is 0 Å². The van der Waals surface area contributed by atoms with Crippen LogP contribution < -0.4 is 5.32 Å². The van der Waals surface area contributed by atoms with Gasteiger partial charge in [0.2, 0.25) is 0 Å². The first-order valence-corrected chi connectivity index (χ1v) is 9.91. The van der Waals surface area contributed by atoms with Crippen LogP contribution in [-0.2, 0) is 4.74 Å². The SMILES string of the molecule is CCCNC(c1snnc1C)C1CCOC2(CCSC2)C1. The Bertz CT molecular complexity index is 460. The number of thioether (sulfide) groups is 1. The van der Waals surface area contributed by atoms with E-state index in [1.54, 1.807) is 11.5 Å². The Morgan fingerprint density at radius 2 is 2.43 bits per heavy atom. The third-order valence-electron chi connectivity index (χ3n) is 4.65. The van der Waals surface area contributed by atoms with Crippen molar-refractivity contribution >= 4 is 23.3 Å². The first-order chi connectivity index (χ1) is 10.2. The van der Waals surface area contributed by atoms with Crippen LogP contribution in [0.25, 0.3) is 0 Å². The van der Waals surface area contributed by atoms with E-state index in [4.69, 9.17) is 4.74 Å². The molecule has 1 aromatic heterocycles. The van der Waals surface area contributed by atoms with Crippen molar-refractivity contribution in [3.63, 3.8) is 0 Å². The molecule has 2 fully saturated rings. The maximum Gasteiger partial charge on any atom is 0.0783 e. The molecular weight excluding hydrogens is 302 g/mol. The molecule has 3 heterocycles. The molecule has 0 aromatic carbocycles. The van der Waals surface area contributed by atoms with Gasteiger partial charge in [0.1, 0.15) is 0 Å². The Labute approximate surface area is 135 Å². The standard InChI is InChI=1S/C15H25N3OS2/c1-3-6-16-13(14-11(2)17-18-21-14)12-4-7-19-15(9-12)5-8-20-10-15/h12-13,16H,3-10H2,1-2H3. The Hall–Kier alpha value is -0.170. The fourth-order valence-corrected chi connectivity index (χ4v) is 5.70. The van der Waals surface area contributed by atoms with Gasteiger partial charge >= 0.3 is 0 Å². The van der Waals surface area contributed by atoms with Gasteiger partial charge in [-0.05, 0) is 62.4 Å². The number of hydrogen-bond donors (Lipinski definition) is 1. The Morgan fingerprint density at radius 3 is 3.10 bits per heavy atom. The minimum absolute atomic E-state index is 0.145. The molecule has 1 aromatic rings. The van der Waals surface area contributed by atoms with E-state index in [1.807, 2.05) is 11.8 Å². The van der Waals surface area contributed by atoms with Gasteiger partial charge in [-0.2, -0.15) is 11.8 Å². The zero-order valence-electron chi connectivity index (χ0n) is 12.9. The summed E-state index contributed by atoms with van der Waals surface area (Å²) < 4.78 is 10.3. The molecule has 4 nitrogen and oxygen atoms in total. The predicted octanol–water partition coefficient (Wildman–Crippen LogP) is 3.19. The first kappa shape index (κ1) is 15.7. The van der Waals surface area contributed by atoms with Crippen molar-refractivity contribution in [3.8, 4) is 0 Å². The van der Waals surface area contributed by atoms with Crippen LogP contribution in [0.5, 0.6) is 0 Å². The summed E-state index contributed by atoms with van der Waals surface area (Å²) in [5, 5.41) is 7.98. The summed E-state index contributed by atoms with van der Waals surface area (Å²) in [6, 6.07) is 0.399. The number of aromatic nitrogens is 2. The van der Waals surface area contributed by atoms with E-state index in [1.165, 1.54) is 29.2 Å². The van der Waals surface area contributed by atoms with Crippen LogP contribution in [0, 0.1) is 12.8 Å². The second-order valence-corrected chi connectivity index (χ2v) is 8.13. The highest BCUT2D eigenvalue weighted by molar-refractivity contribution is 7.99. The molecule has 21 heavy (non-hydrogen) atoms. The van der Waals surface area contributed by atoms with Gasteiger partial charge in [-0.15, -0.1) is 5.10 Å². The molecule has 0 aliphatic carbocycles. The Kier molecular flexibility index (Phi) is 5.19. The van der Waals surface area contributed by atoms with Crippen molar-refractivity contribution in [2.45, 2.75) is 51.2 Å². The van der Waals surface area contributed by atoms with Gasteiger partial charge in [-0.1, -0.05) is 11.4 Å². The molecule has 2 aliphatic rings. The van der Waals surface area contributed by atoms with E-state index in [0.29, 0.717) is 12.0 Å². The first-order valence-electron chi connectivity index (χ1n) is 7.98. The lowest BCUT2D eigenvalue weighted by atomic mass is 9.80. The smallest absolute Gasteiger partial charge is 0.0783 e. The van der Waals surface area contributed by atoms with E-state index in [-0.39, 0.29) is 5.60 Å². The van der Waals surface area contributed by atoms with Crippen LogP contribution in [0.2, 0.25) is 0 Å². The van der Waals surface area contributed by atoms with Crippen molar-refractivity contribution in [2.75, 3.05) is 24.7 Å². The zero-order chi connectivity index (χ0) is 14.7. The van der Waals surface area contributed by atoms with E-state index >= 15 is 0 Å². The lowest BCUT2D eigenvalue weighted by Crippen LogP contribution is -2.43. The molecule has 118 valence electrons. The Balaban J connectivity index is 1.77. The third kappa shape index (κ3) is 3.44. The summed E-state index contributed by atoms with van der Waals surface area (Å²) >= 11 is 3.61. The van der Waals surface area contributed by atoms with Crippen molar-refractivity contribution in [1.82, 2.24) is 14.9 Å². The van der Waals surface area contributed by atoms with E-state index < -0.39 is 0 Å². The lowest BCUT2D eigenvalue weighted by Gasteiger charge is -2.41. The highest BCUT2D eigenvalue weighted by atomic mass is 32.2. The summed E-state index contributed by atoms with van der Waals surface area (Å²) in [7, 11) is 0. The maximum absolute atomic E-state index is 6.18. The minimum Gasteiger partial charge on any atom is -0.374 e. The molecule has 0 saturated carbocycles. The number of nitrogens with zero attached hydrogens (tertiary/aromatic N) is 2. The van der Waals surface area contributed by atoms with Crippen LogP contribution in [0.15, 0.2) is 0 Å². The molecule has 2 saturated heterocycles. The lowest BCUT2D eigenvalue weighted by molar-refractivity contribution is -0.0852. The quantitative estimate of drug-likeness (QED) is 0.900. The molecule has 0 radical (unpaired) electrons. The molecule has 0 bridgehead atoms. The van der Waals surface area contributed by atoms with Gasteiger partial charge in [0.05, 0.1) is 16.2 Å². The van der Waals surface area contributed by atoms with Gasteiger partial charge in [-0.3, -0.25) is 0 Å². The monoisotopic (exact) mass is 327 g/mol. The van der Waals surface area contributed by atoms with Gasteiger partial charge in [0.15, 0.2) is 0 Å². The highest BCUT2D eigenvalue weighted by Crippen LogP contribution is 2.44. The normalized spacial score (nSPS) is 30.9. The molecule has 2 aliphatic heterocycles. The second-order valence-electron chi connectivity index (χ2n) is 6.24. The maximum atomic E-state index is 6.18. The number of aryl methyl sites for hydroxylation is 1. The molecule has 3 rings (SSSR count). The number of nitrogens with one attached hydrogen (secondary N) is 1. The van der Waals surface area contributed by atoms with Gasteiger partial charge < -0.3 is 10.1 Å². The molecule has 3 atom stereocenters. The molecule has 1 spiro atoms. The van der Waals surface area contributed by atoms with E-state index in [9.17, 15) is 0 Å².